The molecule has 0 radical (unpaired) electrons. The Hall–Kier alpha value is -3.17. The topological polar surface area (TPSA) is 84.9 Å². The monoisotopic (exact) mass is 512 g/mol. The second kappa shape index (κ2) is 13.1. The summed E-state index contributed by atoms with van der Waals surface area (Å²) in [6, 6.07) is 14.1. The molecule has 0 aromatic heterocycles. The SMILES string of the molecule is CCOC(=O)c1ccc(NC(=O)CCCCCN2C(=O)/C(=C/c3ccccc3OC)SC2=S)cc1. The Bertz CT molecular complexity index is 1110. The van der Waals surface area contributed by atoms with Crippen molar-refractivity contribution in [3.05, 3.63) is 64.6 Å². The number of carbonyl (C=O) groups is 3. The fraction of sp³-hybridized carbons (Fsp3) is 0.308. The highest BCUT2D eigenvalue weighted by molar-refractivity contribution is 8.26. The first-order valence-electron chi connectivity index (χ1n) is 11.4. The lowest BCUT2D eigenvalue weighted by Crippen LogP contribution is -2.29. The third-order valence-electron chi connectivity index (χ3n) is 5.26. The van der Waals surface area contributed by atoms with Crippen LogP contribution in [0.15, 0.2) is 53.4 Å². The van der Waals surface area contributed by atoms with Gasteiger partial charge in [0.1, 0.15) is 10.1 Å². The Kier molecular flexibility index (Phi) is 9.86. The number of thiocarbonyl (C=S) groups is 1. The first-order chi connectivity index (χ1) is 16.9. The number of hydrogen-bond acceptors (Lipinski definition) is 7. The summed E-state index contributed by atoms with van der Waals surface area (Å²) in [4.78, 5) is 38.9. The summed E-state index contributed by atoms with van der Waals surface area (Å²) < 4.78 is 10.8. The van der Waals surface area contributed by atoms with E-state index in [1.807, 2.05) is 30.3 Å². The van der Waals surface area contributed by atoms with Crippen LogP contribution in [-0.4, -0.2) is 47.3 Å². The van der Waals surface area contributed by atoms with Gasteiger partial charge in [-0.3, -0.25) is 14.5 Å². The third kappa shape index (κ3) is 7.40. The molecule has 1 saturated heterocycles. The van der Waals surface area contributed by atoms with E-state index in [1.165, 1.54) is 11.8 Å². The molecule has 0 bridgehead atoms. The second-order valence-corrected chi connectivity index (χ2v) is 9.41. The van der Waals surface area contributed by atoms with Crippen molar-refractivity contribution in [3.63, 3.8) is 0 Å². The molecule has 7 nitrogen and oxygen atoms in total. The number of hydrogen-bond donors (Lipinski definition) is 1. The number of carbonyl (C=O) groups excluding carboxylic acids is 3. The number of esters is 1. The van der Waals surface area contributed by atoms with Gasteiger partial charge in [-0.1, -0.05) is 48.6 Å². The molecule has 1 aliphatic rings. The number of para-hydroxylation sites is 1. The minimum atomic E-state index is -0.387. The summed E-state index contributed by atoms with van der Waals surface area (Å²) in [6.45, 7) is 2.58. The zero-order chi connectivity index (χ0) is 25.2. The molecule has 184 valence electrons. The molecule has 9 heteroatoms. The maximum atomic E-state index is 12.8. The lowest BCUT2D eigenvalue weighted by Gasteiger charge is -2.14. The third-order valence-corrected chi connectivity index (χ3v) is 6.64. The van der Waals surface area contributed by atoms with Crippen molar-refractivity contribution in [3.8, 4) is 5.75 Å². The maximum Gasteiger partial charge on any atom is 0.338 e. The molecule has 3 rings (SSSR count). The van der Waals surface area contributed by atoms with Gasteiger partial charge in [-0.2, -0.15) is 0 Å². The number of anilines is 1. The van der Waals surface area contributed by atoms with Crippen molar-refractivity contribution in [2.75, 3.05) is 25.6 Å². The van der Waals surface area contributed by atoms with Crippen LogP contribution in [-0.2, 0) is 14.3 Å². The van der Waals surface area contributed by atoms with Crippen LogP contribution < -0.4 is 10.1 Å². The summed E-state index contributed by atoms with van der Waals surface area (Å²) in [5.41, 5.74) is 1.90. The van der Waals surface area contributed by atoms with E-state index in [9.17, 15) is 14.4 Å². The molecule has 1 aliphatic heterocycles. The predicted octanol–water partition coefficient (Wildman–Crippen LogP) is 5.27. The highest BCUT2D eigenvalue weighted by atomic mass is 32.2. The fourth-order valence-electron chi connectivity index (χ4n) is 3.48. The quantitative estimate of drug-likeness (QED) is 0.190. The van der Waals surface area contributed by atoms with Gasteiger partial charge in [0.15, 0.2) is 0 Å². The second-order valence-electron chi connectivity index (χ2n) is 7.73. The number of nitrogens with one attached hydrogen (secondary N) is 1. The van der Waals surface area contributed by atoms with Gasteiger partial charge in [0.2, 0.25) is 5.91 Å². The zero-order valence-electron chi connectivity index (χ0n) is 19.7. The van der Waals surface area contributed by atoms with E-state index in [0.29, 0.717) is 52.2 Å². The molecular formula is C26H28N2O5S2. The van der Waals surface area contributed by atoms with Gasteiger partial charge in [-0.05, 0) is 56.2 Å². The van der Waals surface area contributed by atoms with Gasteiger partial charge in [0.05, 0.1) is 24.2 Å². The van der Waals surface area contributed by atoms with E-state index in [0.717, 1.165) is 18.4 Å². The molecule has 0 unspecified atom stereocenters. The predicted molar refractivity (Wildman–Crippen MR) is 142 cm³/mol. The Labute approximate surface area is 214 Å². The van der Waals surface area contributed by atoms with Crippen molar-refractivity contribution in [2.24, 2.45) is 0 Å². The summed E-state index contributed by atoms with van der Waals surface area (Å²) >= 11 is 6.70. The van der Waals surface area contributed by atoms with Crippen molar-refractivity contribution in [2.45, 2.75) is 32.6 Å². The van der Waals surface area contributed by atoms with Crippen LogP contribution in [0.5, 0.6) is 5.75 Å². The molecule has 1 N–H and O–H groups in total. The van der Waals surface area contributed by atoms with Crippen LogP contribution in [0.25, 0.3) is 6.08 Å². The Morgan fingerprint density at radius 2 is 1.83 bits per heavy atom. The number of ether oxygens (including phenoxy) is 2. The highest BCUT2D eigenvalue weighted by Gasteiger charge is 2.31. The van der Waals surface area contributed by atoms with E-state index >= 15 is 0 Å². The van der Waals surface area contributed by atoms with Crippen molar-refractivity contribution in [1.29, 1.82) is 0 Å². The number of rotatable bonds is 11. The first kappa shape index (κ1) is 26.4. The van der Waals surface area contributed by atoms with Crippen LogP contribution >= 0.6 is 24.0 Å². The molecule has 35 heavy (non-hydrogen) atoms. The summed E-state index contributed by atoms with van der Waals surface area (Å²) in [7, 11) is 1.60. The summed E-state index contributed by atoms with van der Waals surface area (Å²) in [6.07, 6.45) is 4.40. The van der Waals surface area contributed by atoms with Gasteiger partial charge in [-0.25, -0.2) is 4.79 Å². The van der Waals surface area contributed by atoms with Crippen molar-refractivity contribution in [1.82, 2.24) is 4.90 Å². The number of unbranched alkanes of at least 4 members (excludes halogenated alkanes) is 2. The number of amides is 2. The smallest absolute Gasteiger partial charge is 0.338 e. The number of methoxy groups -OCH3 is 1. The zero-order valence-corrected chi connectivity index (χ0v) is 21.4. The van der Waals surface area contributed by atoms with E-state index in [1.54, 1.807) is 43.2 Å². The fourth-order valence-corrected chi connectivity index (χ4v) is 4.78. The van der Waals surface area contributed by atoms with Gasteiger partial charge in [0, 0.05) is 24.2 Å². The molecule has 2 aromatic carbocycles. The molecule has 0 aliphatic carbocycles. The molecular weight excluding hydrogens is 484 g/mol. The molecule has 2 amide bonds. The van der Waals surface area contributed by atoms with Crippen LogP contribution in [0.1, 0.15) is 48.5 Å². The lowest BCUT2D eigenvalue weighted by molar-refractivity contribution is -0.122. The average molecular weight is 513 g/mol. The Morgan fingerprint density at radius 1 is 1.09 bits per heavy atom. The summed E-state index contributed by atoms with van der Waals surface area (Å²) in [5, 5.41) is 2.83. The molecule has 0 saturated carbocycles. The van der Waals surface area contributed by atoms with Crippen LogP contribution in [0.4, 0.5) is 5.69 Å². The average Bonchev–Trinajstić information content (AvgIpc) is 3.12. The summed E-state index contributed by atoms with van der Waals surface area (Å²) in [5.74, 6) is 0.113. The highest BCUT2D eigenvalue weighted by Crippen LogP contribution is 2.34. The maximum absolute atomic E-state index is 12.8. The normalized spacial score (nSPS) is 14.3. The van der Waals surface area contributed by atoms with E-state index in [4.69, 9.17) is 21.7 Å². The molecule has 1 heterocycles. The Morgan fingerprint density at radius 3 is 2.54 bits per heavy atom. The van der Waals surface area contributed by atoms with Gasteiger partial charge >= 0.3 is 5.97 Å². The molecule has 1 fully saturated rings. The molecule has 2 aromatic rings. The Balaban J connectivity index is 1.41. The van der Waals surface area contributed by atoms with E-state index in [2.05, 4.69) is 5.32 Å². The lowest BCUT2D eigenvalue weighted by atomic mass is 10.1. The molecule has 0 atom stereocenters. The molecule has 0 spiro atoms. The first-order valence-corrected chi connectivity index (χ1v) is 12.6. The minimum Gasteiger partial charge on any atom is -0.496 e. The van der Waals surface area contributed by atoms with E-state index in [-0.39, 0.29) is 17.8 Å². The van der Waals surface area contributed by atoms with E-state index < -0.39 is 0 Å². The van der Waals surface area contributed by atoms with Crippen molar-refractivity contribution < 1.29 is 23.9 Å². The van der Waals surface area contributed by atoms with Gasteiger partial charge < -0.3 is 14.8 Å². The number of nitrogens with zero attached hydrogens (tertiary/aromatic N) is 1. The van der Waals surface area contributed by atoms with Gasteiger partial charge in [-0.15, -0.1) is 0 Å². The minimum absolute atomic E-state index is 0.0979. The van der Waals surface area contributed by atoms with Crippen LogP contribution in [0.2, 0.25) is 0 Å². The van der Waals surface area contributed by atoms with Gasteiger partial charge in [0.25, 0.3) is 5.91 Å². The van der Waals surface area contributed by atoms with Crippen LogP contribution in [0, 0.1) is 0 Å². The number of benzene rings is 2. The van der Waals surface area contributed by atoms with Crippen molar-refractivity contribution >= 4 is 57.8 Å². The van der Waals surface area contributed by atoms with Crippen LogP contribution in [0.3, 0.4) is 0 Å². The number of thioether (sulfide) groups is 1. The standard InChI is InChI=1S/C26H28N2O5S2/c1-3-33-25(31)18-12-14-20(15-13-18)27-23(29)11-5-4-8-16-28-24(30)22(35-26(28)34)17-19-9-6-7-10-21(19)32-2/h6-7,9-10,12-15,17H,3-5,8,11,16H2,1-2H3,(H,27,29)/b22-17-. The largest absolute Gasteiger partial charge is 0.496 e.